The summed E-state index contributed by atoms with van der Waals surface area (Å²) in [5, 5.41) is 34.7. The van der Waals surface area contributed by atoms with E-state index >= 15 is 0 Å². The van der Waals surface area contributed by atoms with Crippen molar-refractivity contribution in [2.45, 2.75) is 38.5 Å². The number of rotatable bonds is 11. The van der Waals surface area contributed by atoms with Crippen LogP contribution in [-0.4, -0.2) is 73.9 Å². The summed E-state index contributed by atoms with van der Waals surface area (Å²) in [6.45, 7) is 0. The Bertz CT molecular complexity index is 345. The second-order valence-electron chi connectivity index (χ2n) is 4.55. The van der Waals surface area contributed by atoms with Gasteiger partial charge in [-0.2, -0.15) is 0 Å². The number of carboxylic acids is 4. The van der Waals surface area contributed by atoms with Gasteiger partial charge >= 0.3 is 23.9 Å². The Labute approximate surface area is 143 Å². The minimum Gasteiger partial charge on any atom is -0.481 e. The average molecular weight is 313 g/mol. The first-order valence-electron chi connectivity index (χ1n) is 6.13. The van der Waals surface area contributed by atoms with Crippen LogP contribution >= 0.6 is 0 Å². The van der Waals surface area contributed by atoms with Gasteiger partial charge in [0.2, 0.25) is 0 Å². The molecule has 2 unspecified atom stereocenters. The second kappa shape index (κ2) is 11.5. The first-order valence-corrected chi connectivity index (χ1v) is 6.13. The van der Waals surface area contributed by atoms with Gasteiger partial charge in [-0.25, -0.2) is 0 Å². The van der Waals surface area contributed by atoms with Crippen LogP contribution < -0.4 is 0 Å². The first kappa shape index (κ1) is 22.2. The maximum atomic E-state index is 10.8. The number of unbranched alkanes of at least 4 members (excludes halogenated alkanes) is 1. The summed E-state index contributed by atoms with van der Waals surface area (Å²) >= 11 is 0. The SMILES string of the molecule is O=C(O)CC(CCCCC(CC(=O)O)C(=O)O)C(=O)O.[Na]. The van der Waals surface area contributed by atoms with Crippen molar-refractivity contribution >= 4 is 53.4 Å². The van der Waals surface area contributed by atoms with Crippen LogP contribution in [0.5, 0.6) is 0 Å². The molecule has 0 aliphatic rings. The van der Waals surface area contributed by atoms with Crippen LogP contribution in [0.15, 0.2) is 0 Å². The van der Waals surface area contributed by atoms with E-state index in [1.165, 1.54) is 0 Å². The van der Waals surface area contributed by atoms with Crippen molar-refractivity contribution in [1.29, 1.82) is 0 Å². The number of hydrogen-bond acceptors (Lipinski definition) is 4. The molecule has 2 atom stereocenters. The molecule has 115 valence electrons. The molecule has 1 radical (unpaired) electrons. The maximum absolute atomic E-state index is 10.8. The molecule has 0 aliphatic carbocycles. The van der Waals surface area contributed by atoms with Crippen molar-refractivity contribution in [2.75, 3.05) is 0 Å². The molecule has 8 nitrogen and oxygen atoms in total. The molecule has 0 aliphatic heterocycles. The molecule has 21 heavy (non-hydrogen) atoms. The van der Waals surface area contributed by atoms with E-state index in [4.69, 9.17) is 20.4 Å². The summed E-state index contributed by atoms with van der Waals surface area (Å²) in [7, 11) is 0. The van der Waals surface area contributed by atoms with Crippen molar-refractivity contribution in [1.82, 2.24) is 0 Å². The molecule has 0 heterocycles. The fourth-order valence-corrected chi connectivity index (χ4v) is 1.83. The number of aliphatic carboxylic acids is 4. The smallest absolute Gasteiger partial charge is 0.307 e. The van der Waals surface area contributed by atoms with Gasteiger partial charge in [-0.1, -0.05) is 12.8 Å². The number of hydrogen-bond donors (Lipinski definition) is 4. The first-order chi connectivity index (χ1) is 9.23. The predicted octanol–water partition coefficient (Wildman–Crippen LogP) is 0.517. The van der Waals surface area contributed by atoms with Gasteiger partial charge in [0.1, 0.15) is 0 Å². The van der Waals surface area contributed by atoms with E-state index in [1.807, 2.05) is 0 Å². The molecule has 0 saturated heterocycles. The minimum atomic E-state index is -1.20. The third-order valence-electron chi connectivity index (χ3n) is 2.90. The Morgan fingerprint density at radius 3 is 1.14 bits per heavy atom. The Kier molecular flexibility index (Phi) is 12.2. The van der Waals surface area contributed by atoms with Gasteiger partial charge in [-0.15, -0.1) is 0 Å². The molecule has 9 heteroatoms. The topological polar surface area (TPSA) is 149 Å². The zero-order chi connectivity index (χ0) is 15.7. The van der Waals surface area contributed by atoms with E-state index in [1.54, 1.807) is 0 Å². The van der Waals surface area contributed by atoms with Crippen LogP contribution in [0.1, 0.15) is 38.5 Å². The van der Waals surface area contributed by atoms with Crippen molar-refractivity contribution in [3.63, 3.8) is 0 Å². The Morgan fingerprint density at radius 1 is 0.667 bits per heavy atom. The third-order valence-corrected chi connectivity index (χ3v) is 2.90. The Morgan fingerprint density at radius 2 is 0.952 bits per heavy atom. The third kappa shape index (κ3) is 11.2. The van der Waals surface area contributed by atoms with Gasteiger partial charge in [0.15, 0.2) is 0 Å². The molecule has 0 rings (SSSR count). The molecule has 0 aromatic rings. The van der Waals surface area contributed by atoms with Crippen LogP contribution in [0, 0.1) is 11.8 Å². The molecule has 0 spiro atoms. The quantitative estimate of drug-likeness (QED) is 0.318. The minimum absolute atomic E-state index is 0. The zero-order valence-electron chi connectivity index (χ0n) is 11.8. The fourth-order valence-electron chi connectivity index (χ4n) is 1.83. The van der Waals surface area contributed by atoms with E-state index in [9.17, 15) is 19.2 Å². The largest absolute Gasteiger partial charge is 0.481 e. The van der Waals surface area contributed by atoms with E-state index in [0.29, 0.717) is 12.8 Å². The monoisotopic (exact) mass is 313 g/mol. The van der Waals surface area contributed by atoms with Gasteiger partial charge in [-0.05, 0) is 12.8 Å². The Balaban J connectivity index is 0. The van der Waals surface area contributed by atoms with E-state index in [-0.39, 0.29) is 42.4 Å². The van der Waals surface area contributed by atoms with Gasteiger partial charge < -0.3 is 20.4 Å². The van der Waals surface area contributed by atoms with Crippen LogP contribution in [0.4, 0.5) is 0 Å². The van der Waals surface area contributed by atoms with Crippen molar-refractivity contribution in [2.24, 2.45) is 11.8 Å². The van der Waals surface area contributed by atoms with Crippen molar-refractivity contribution in [3.8, 4) is 0 Å². The molecular formula is C12H18NaO8. The molecule has 0 bridgehead atoms. The maximum Gasteiger partial charge on any atom is 0.307 e. The summed E-state index contributed by atoms with van der Waals surface area (Å²) in [5.74, 6) is -6.82. The van der Waals surface area contributed by atoms with Gasteiger partial charge in [0, 0.05) is 29.6 Å². The summed E-state index contributed by atoms with van der Waals surface area (Å²) in [6, 6.07) is 0. The second-order valence-corrected chi connectivity index (χ2v) is 4.55. The van der Waals surface area contributed by atoms with Crippen molar-refractivity contribution < 1.29 is 39.6 Å². The molecule has 0 saturated carbocycles. The van der Waals surface area contributed by atoms with Crippen LogP contribution in [0.25, 0.3) is 0 Å². The standard InChI is InChI=1S/C12H18O8.Na/c13-9(14)5-7(11(17)18)3-1-2-4-8(12(19)20)6-10(15)16;/h7-8H,1-6H2,(H,13,14)(H,15,16)(H,17,18)(H,19,20);. The molecule has 0 amide bonds. The van der Waals surface area contributed by atoms with Crippen LogP contribution in [0.3, 0.4) is 0 Å². The Hall–Kier alpha value is -1.12. The van der Waals surface area contributed by atoms with Crippen LogP contribution in [-0.2, 0) is 19.2 Å². The van der Waals surface area contributed by atoms with Gasteiger partial charge in [0.05, 0.1) is 24.7 Å². The fraction of sp³-hybridized carbons (Fsp3) is 0.667. The number of carbonyl (C=O) groups is 4. The van der Waals surface area contributed by atoms with Crippen LogP contribution in [0.2, 0.25) is 0 Å². The summed E-state index contributed by atoms with van der Waals surface area (Å²) in [6.07, 6.45) is -0.0248. The molecule has 0 aromatic carbocycles. The van der Waals surface area contributed by atoms with Gasteiger partial charge in [0.25, 0.3) is 0 Å². The molecule has 0 fully saturated rings. The predicted molar refractivity (Wildman–Crippen MR) is 71.0 cm³/mol. The summed E-state index contributed by atoms with van der Waals surface area (Å²) < 4.78 is 0. The molecule has 0 aromatic heterocycles. The summed E-state index contributed by atoms with van der Waals surface area (Å²) in [5.41, 5.74) is 0. The number of carboxylic acid groups (broad SMARTS) is 4. The zero-order valence-corrected chi connectivity index (χ0v) is 13.8. The van der Waals surface area contributed by atoms with Crippen molar-refractivity contribution in [3.05, 3.63) is 0 Å². The normalized spacial score (nSPS) is 12.8. The molecular weight excluding hydrogens is 295 g/mol. The van der Waals surface area contributed by atoms with E-state index in [2.05, 4.69) is 0 Å². The molecule has 4 N–H and O–H groups in total. The van der Waals surface area contributed by atoms with E-state index < -0.39 is 48.6 Å². The van der Waals surface area contributed by atoms with Gasteiger partial charge in [-0.3, -0.25) is 19.2 Å². The van der Waals surface area contributed by atoms with E-state index in [0.717, 1.165) is 0 Å². The summed E-state index contributed by atoms with van der Waals surface area (Å²) in [4.78, 5) is 42.5. The average Bonchev–Trinajstić information content (AvgIpc) is 2.29.